The lowest BCUT2D eigenvalue weighted by molar-refractivity contribution is 0.0962. The monoisotopic (exact) mass is 441 g/mol. The molecule has 28 heavy (non-hydrogen) atoms. The molecule has 2 aromatic rings. The Labute approximate surface area is 175 Å². The minimum Gasteiger partial charge on any atom is -0.453 e. The largest absolute Gasteiger partial charge is 0.453 e. The summed E-state index contributed by atoms with van der Waals surface area (Å²) in [5.74, 6) is -0.780. The molecule has 7 nitrogen and oxygen atoms in total. The lowest BCUT2D eigenvalue weighted by Crippen LogP contribution is -2.35. The number of nitrogens with zero attached hydrogens (tertiary/aromatic N) is 1. The number of methoxy groups -OCH3 is 1. The van der Waals surface area contributed by atoms with Crippen molar-refractivity contribution in [3.8, 4) is 0 Å². The van der Waals surface area contributed by atoms with Gasteiger partial charge in [0.25, 0.3) is 11.8 Å². The van der Waals surface area contributed by atoms with E-state index in [0.717, 1.165) is 10.4 Å². The number of rotatable bonds is 3. The van der Waals surface area contributed by atoms with Crippen LogP contribution in [-0.2, 0) is 17.7 Å². The van der Waals surface area contributed by atoms with Crippen molar-refractivity contribution in [1.82, 2.24) is 10.2 Å². The summed E-state index contributed by atoms with van der Waals surface area (Å²) in [5.41, 5.74) is 1.43. The van der Waals surface area contributed by atoms with Crippen LogP contribution in [0.25, 0.3) is 0 Å². The van der Waals surface area contributed by atoms with Crippen molar-refractivity contribution in [2.45, 2.75) is 13.0 Å². The Morgan fingerprint density at radius 2 is 1.96 bits per heavy atom. The average molecular weight is 442 g/mol. The molecule has 148 valence electrons. The number of carbonyl (C=O) groups is 3. The van der Waals surface area contributed by atoms with E-state index in [1.54, 1.807) is 11.0 Å². The average Bonchev–Trinajstić information content (AvgIpc) is 3.05. The second-order valence-electron chi connectivity index (χ2n) is 6.01. The van der Waals surface area contributed by atoms with E-state index in [9.17, 15) is 14.4 Å². The summed E-state index contributed by atoms with van der Waals surface area (Å²) in [6, 6.07) is 4.58. The van der Waals surface area contributed by atoms with Gasteiger partial charge in [0.05, 0.1) is 29.8 Å². The standard InChI is InChI=1S/C18H17Cl2N3O4S/c1-21-16(25)14-10-5-6-23(18(26)27-2)8-13(10)28-17(14)22-15(24)11-7-9(19)3-4-12(11)20/h3-4,7H,5-6,8H2,1-2H3,(H,21,25)(H,22,24). The van der Waals surface area contributed by atoms with Gasteiger partial charge >= 0.3 is 6.09 Å². The maximum Gasteiger partial charge on any atom is 0.409 e. The molecule has 0 fully saturated rings. The van der Waals surface area contributed by atoms with E-state index in [-0.39, 0.29) is 16.5 Å². The van der Waals surface area contributed by atoms with Crippen molar-refractivity contribution < 1.29 is 19.1 Å². The first-order valence-corrected chi connectivity index (χ1v) is 9.88. The van der Waals surface area contributed by atoms with Gasteiger partial charge in [-0.25, -0.2) is 4.79 Å². The summed E-state index contributed by atoms with van der Waals surface area (Å²) in [6.45, 7) is 0.734. The smallest absolute Gasteiger partial charge is 0.409 e. The predicted octanol–water partition coefficient (Wildman–Crippen LogP) is 3.79. The van der Waals surface area contributed by atoms with Crippen molar-refractivity contribution in [3.05, 3.63) is 49.8 Å². The van der Waals surface area contributed by atoms with Crippen molar-refractivity contribution in [2.75, 3.05) is 26.0 Å². The number of hydrogen-bond donors (Lipinski definition) is 2. The Bertz CT molecular complexity index is 961. The third kappa shape index (κ3) is 3.94. The first-order valence-electron chi connectivity index (χ1n) is 8.31. The number of anilines is 1. The molecule has 2 N–H and O–H groups in total. The summed E-state index contributed by atoms with van der Waals surface area (Å²) < 4.78 is 4.77. The second kappa shape index (κ2) is 8.38. The maximum atomic E-state index is 12.7. The number of benzene rings is 1. The van der Waals surface area contributed by atoms with Crippen LogP contribution >= 0.6 is 34.5 Å². The number of amides is 3. The van der Waals surface area contributed by atoms with Gasteiger partial charge in [-0.2, -0.15) is 0 Å². The zero-order chi connectivity index (χ0) is 20.4. The molecule has 3 rings (SSSR count). The molecule has 0 radical (unpaired) electrons. The lowest BCUT2D eigenvalue weighted by atomic mass is 10.0. The van der Waals surface area contributed by atoms with Gasteiger partial charge in [0.1, 0.15) is 5.00 Å². The van der Waals surface area contributed by atoms with Crippen molar-refractivity contribution in [2.24, 2.45) is 0 Å². The fourth-order valence-corrected chi connectivity index (χ4v) is 4.61. The molecule has 0 unspecified atom stereocenters. The van der Waals surface area contributed by atoms with Crippen molar-refractivity contribution in [1.29, 1.82) is 0 Å². The van der Waals surface area contributed by atoms with Crippen LogP contribution < -0.4 is 10.6 Å². The number of thiophene rings is 1. The Balaban J connectivity index is 1.96. The van der Waals surface area contributed by atoms with Gasteiger partial charge < -0.3 is 20.3 Å². The van der Waals surface area contributed by atoms with E-state index in [0.29, 0.717) is 35.1 Å². The van der Waals surface area contributed by atoms with Crippen LogP contribution in [0.3, 0.4) is 0 Å². The van der Waals surface area contributed by atoms with Crippen LogP contribution in [0, 0.1) is 0 Å². The summed E-state index contributed by atoms with van der Waals surface area (Å²) in [7, 11) is 2.85. The summed E-state index contributed by atoms with van der Waals surface area (Å²) in [4.78, 5) is 39.4. The Hall–Kier alpha value is -2.29. The number of ether oxygens (including phenoxy) is 1. The van der Waals surface area contributed by atoms with Crippen LogP contribution in [-0.4, -0.2) is 43.5 Å². The van der Waals surface area contributed by atoms with Gasteiger partial charge in [-0.05, 0) is 30.2 Å². The molecule has 10 heteroatoms. The quantitative estimate of drug-likeness (QED) is 0.757. The zero-order valence-corrected chi connectivity index (χ0v) is 17.4. The van der Waals surface area contributed by atoms with Gasteiger partial charge in [0, 0.05) is 23.5 Å². The third-order valence-corrected chi connectivity index (χ3v) is 6.04. The number of hydrogen-bond acceptors (Lipinski definition) is 5. The number of carbonyl (C=O) groups excluding carboxylic acids is 3. The van der Waals surface area contributed by atoms with Crippen LogP contribution in [0.2, 0.25) is 10.0 Å². The highest BCUT2D eigenvalue weighted by Crippen LogP contribution is 2.38. The van der Waals surface area contributed by atoms with E-state index in [2.05, 4.69) is 10.6 Å². The molecule has 1 aromatic carbocycles. The molecule has 1 aliphatic heterocycles. The van der Waals surface area contributed by atoms with Crippen molar-refractivity contribution in [3.63, 3.8) is 0 Å². The first kappa shape index (κ1) is 20.4. The molecule has 0 atom stereocenters. The van der Waals surface area contributed by atoms with E-state index in [1.165, 1.54) is 37.6 Å². The highest BCUT2D eigenvalue weighted by atomic mass is 35.5. The normalized spacial score (nSPS) is 12.9. The Morgan fingerprint density at radius 1 is 1.21 bits per heavy atom. The SMILES string of the molecule is CNC(=O)c1c(NC(=O)c2cc(Cl)ccc2Cl)sc2c1CCN(C(=O)OC)C2. The molecular weight excluding hydrogens is 425 g/mol. The molecular formula is C18H17Cl2N3O4S. The number of fused-ring (bicyclic) bond motifs is 1. The van der Waals surface area contributed by atoms with Gasteiger partial charge in [-0.3, -0.25) is 9.59 Å². The zero-order valence-electron chi connectivity index (χ0n) is 15.1. The van der Waals surface area contributed by atoms with Gasteiger partial charge in [-0.15, -0.1) is 11.3 Å². The van der Waals surface area contributed by atoms with Crippen molar-refractivity contribution >= 4 is 57.4 Å². The van der Waals surface area contributed by atoms with E-state index in [1.807, 2.05) is 0 Å². The lowest BCUT2D eigenvalue weighted by Gasteiger charge is -2.25. The van der Waals surface area contributed by atoms with Gasteiger partial charge in [0.15, 0.2) is 0 Å². The molecule has 0 saturated heterocycles. The minimum atomic E-state index is -0.471. The number of halogens is 2. The van der Waals surface area contributed by atoms with Gasteiger partial charge in [-0.1, -0.05) is 23.2 Å². The predicted molar refractivity (Wildman–Crippen MR) is 109 cm³/mol. The molecule has 3 amide bonds. The summed E-state index contributed by atoms with van der Waals surface area (Å²) in [6.07, 6.45) is 0.0501. The molecule has 1 aromatic heterocycles. The Morgan fingerprint density at radius 3 is 2.64 bits per heavy atom. The minimum absolute atomic E-state index is 0.208. The van der Waals surface area contributed by atoms with Crippen LogP contribution in [0.4, 0.5) is 9.80 Å². The first-order chi connectivity index (χ1) is 13.3. The summed E-state index contributed by atoms with van der Waals surface area (Å²) in [5, 5.41) is 6.39. The third-order valence-electron chi connectivity index (χ3n) is 4.34. The summed E-state index contributed by atoms with van der Waals surface area (Å²) >= 11 is 13.3. The maximum absolute atomic E-state index is 12.7. The van der Waals surface area contributed by atoms with E-state index >= 15 is 0 Å². The van der Waals surface area contributed by atoms with Gasteiger partial charge in [0.2, 0.25) is 0 Å². The second-order valence-corrected chi connectivity index (χ2v) is 7.96. The Kier molecular flexibility index (Phi) is 6.12. The molecule has 2 heterocycles. The van der Waals surface area contributed by atoms with E-state index < -0.39 is 12.0 Å². The molecule has 0 bridgehead atoms. The molecule has 0 spiro atoms. The molecule has 0 saturated carbocycles. The van der Waals surface area contributed by atoms with Crippen LogP contribution in [0.15, 0.2) is 18.2 Å². The molecule has 1 aliphatic rings. The fourth-order valence-electron chi connectivity index (χ4n) is 2.98. The molecule has 0 aliphatic carbocycles. The highest BCUT2D eigenvalue weighted by Gasteiger charge is 2.30. The van der Waals surface area contributed by atoms with Crippen LogP contribution in [0.5, 0.6) is 0 Å². The van der Waals surface area contributed by atoms with E-state index in [4.69, 9.17) is 27.9 Å². The topological polar surface area (TPSA) is 87.7 Å². The number of nitrogens with one attached hydrogen (secondary N) is 2. The highest BCUT2D eigenvalue weighted by molar-refractivity contribution is 7.17. The fraction of sp³-hybridized carbons (Fsp3) is 0.278. The van der Waals surface area contributed by atoms with Crippen LogP contribution in [0.1, 0.15) is 31.2 Å².